The van der Waals surface area contributed by atoms with Gasteiger partial charge in [0.2, 0.25) is 5.91 Å². The van der Waals surface area contributed by atoms with E-state index in [1.165, 1.54) is 6.92 Å². The van der Waals surface area contributed by atoms with Crippen molar-refractivity contribution in [1.29, 1.82) is 0 Å². The summed E-state index contributed by atoms with van der Waals surface area (Å²) in [7, 11) is 0. The van der Waals surface area contributed by atoms with Crippen molar-refractivity contribution in [1.82, 2.24) is 0 Å². The van der Waals surface area contributed by atoms with Gasteiger partial charge in [0.05, 0.1) is 5.02 Å². The van der Waals surface area contributed by atoms with Crippen molar-refractivity contribution in [3.8, 4) is 0 Å². The third kappa shape index (κ3) is 2.60. The van der Waals surface area contributed by atoms with E-state index in [1.54, 1.807) is 18.2 Å². The molecule has 0 aromatic heterocycles. The first kappa shape index (κ1) is 8.08. The summed E-state index contributed by atoms with van der Waals surface area (Å²) in [6.45, 7) is 1.45. The number of amides is 1. The molecule has 0 saturated carbocycles. The number of benzene rings is 1. The average Bonchev–Trinajstić information content (AvgIpc) is 1.85. The molecule has 0 saturated heterocycles. The third-order valence-electron chi connectivity index (χ3n) is 1.09. The maximum atomic E-state index is 10.6. The summed E-state index contributed by atoms with van der Waals surface area (Å²) in [5.74, 6) is -0.104. The fourth-order valence-corrected chi connectivity index (χ4v) is 0.899. The number of nitrogens with one attached hydrogen (secondary N) is 1. The van der Waals surface area contributed by atoms with Gasteiger partial charge >= 0.3 is 0 Å². The van der Waals surface area contributed by atoms with Gasteiger partial charge in [-0.1, -0.05) is 17.7 Å². The van der Waals surface area contributed by atoms with Crippen LogP contribution in [0.25, 0.3) is 0 Å². The van der Waals surface area contributed by atoms with Crippen molar-refractivity contribution in [3.05, 3.63) is 29.3 Å². The van der Waals surface area contributed by atoms with Crippen LogP contribution < -0.4 is 5.32 Å². The zero-order chi connectivity index (χ0) is 8.27. The molecule has 0 aliphatic carbocycles. The summed E-state index contributed by atoms with van der Waals surface area (Å²) in [5, 5.41) is 3.10. The van der Waals surface area contributed by atoms with Gasteiger partial charge in [0.1, 0.15) is 0 Å². The van der Waals surface area contributed by atoms with Crippen molar-refractivity contribution >= 4 is 23.2 Å². The van der Waals surface area contributed by atoms with Crippen molar-refractivity contribution in [2.75, 3.05) is 5.32 Å². The Hall–Kier alpha value is -1.02. The Morgan fingerprint density at radius 3 is 3.00 bits per heavy atom. The van der Waals surface area contributed by atoms with Crippen LogP contribution in [0, 0.1) is 6.07 Å². The van der Waals surface area contributed by atoms with Crippen LogP contribution in [-0.2, 0) is 4.79 Å². The molecule has 0 aliphatic rings. The maximum Gasteiger partial charge on any atom is 0.221 e. The Balaban J connectivity index is 2.79. The highest BCUT2D eigenvalue weighted by atomic mass is 35.5. The lowest BCUT2D eigenvalue weighted by molar-refractivity contribution is -0.114. The lowest BCUT2D eigenvalue weighted by Gasteiger charge is -1.99. The Labute approximate surface area is 70.2 Å². The maximum absolute atomic E-state index is 10.6. The highest BCUT2D eigenvalue weighted by Crippen LogP contribution is 2.13. The van der Waals surface area contributed by atoms with E-state index in [0.29, 0.717) is 10.7 Å². The van der Waals surface area contributed by atoms with Crippen molar-refractivity contribution in [2.24, 2.45) is 0 Å². The molecule has 1 N–H and O–H groups in total. The van der Waals surface area contributed by atoms with Crippen LogP contribution in [0.2, 0.25) is 5.02 Å². The Kier molecular flexibility index (Phi) is 2.49. The van der Waals surface area contributed by atoms with Crippen molar-refractivity contribution < 1.29 is 4.79 Å². The summed E-state index contributed by atoms with van der Waals surface area (Å²) < 4.78 is 0. The lowest BCUT2D eigenvalue weighted by atomic mass is 10.3. The van der Waals surface area contributed by atoms with Crippen LogP contribution in [0.3, 0.4) is 0 Å². The van der Waals surface area contributed by atoms with E-state index in [1.807, 2.05) is 0 Å². The minimum atomic E-state index is -0.104. The van der Waals surface area contributed by atoms with Crippen molar-refractivity contribution in [2.45, 2.75) is 6.92 Å². The van der Waals surface area contributed by atoms with E-state index in [9.17, 15) is 4.79 Å². The van der Waals surface area contributed by atoms with Crippen LogP contribution in [0.1, 0.15) is 6.92 Å². The molecule has 0 heterocycles. The van der Waals surface area contributed by atoms with E-state index in [0.717, 1.165) is 0 Å². The first-order chi connectivity index (χ1) is 5.18. The quantitative estimate of drug-likeness (QED) is 0.684. The van der Waals surface area contributed by atoms with Crippen LogP contribution in [0.4, 0.5) is 5.69 Å². The summed E-state index contributed by atoms with van der Waals surface area (Å²) in [4.78, 5) is 10.6. The van der Waals surface area contributed by atoms with Gasteiger partial charge in [-0.3, -0.25) is 4.79 Å². The molecule has 0 fully saturated rings. The highest BCUT2D eigenvalue weighted by Gasteiger charge is 1.94. The fourth-order valence-electron chi connectivity index (χ4n) is 0.718. The molecular weight excluding hydrogens is 162 g/mol. The van der Waals surface area contributed by atoms with Gasteiger partial charge in [0, 0.05) is 18.7 Å². The SMILES string of the molecule is CC(=O)Nc1cc[c]c(Cl)c1. The van der Waals surface area contributed by atoms with Gasteiger partial charge in [-0.15, -0.1) is 0 Å². The van der Waals surface area contributed by atoms with Gasteiger partial charge in [0.15, 0.2) is 0 Å². The molecule has 0 bridgehead atoms. The topological polar surface area (TPSA) is 29.1 Å². The molecule has 3 heteroatoms. The van der Waals surface area contributed by atoms with Gasteiger partial charge in [-0.25, -0.2) is 0 Å². The van der Waals surface area contributed by atoms with Gasteiger partial charge in [-0.2, -0.15) is 0 Å². The second-order valence-corrected chi connectivity index (χ2v) is 2.51. The first-order valence-corrected chi connectivity index (χ1v) is 3.51. The highest BCUT2D eigenvalue weighted by molar-refractivity contribution is 6.30. The molecule has 1 rings (SSSR count). The second-order valence-electron chi connectivity index (χ2n) is 2.11. The van der Waals surface area contributed by atoms with Crippen LogP contribution in [-0.4, -0.2) is 5.91 Å². The average molecular weight is 169 g/mol. The molecule has 0 spiro atoms. The molecule has 11 heavy (non-hydrogen) atoms. The molecule has 0 unspecified atom stereocenters. The fraction of sp³-hybridized carbons (Fsp3) is 0.125. The molecule has 0 atom stereocenters. The minimum Gasteiger partial charge on any atom is -0.326 e. The summed E-state index contributed by atoms with van der Waals surface area (Å²) in [6.07, 6.45) is 0. The monoisotopic (exact) mass is 168 g/mol. The molecule has 1 amide bonds. The minimum absolute atomic E-state index is 0.104. The van der Waals surface area contributed by atoms with Crippen LogP contribution in [0.15, 0.2) is 18.2 Å². The summed E-state index contributed by atoms with van der Waals surface area (Å²) >= 11 is 5.62. The lowest BCUT2D eigenvalue weighted by Crippen LogP contribution is -2.05. The molecule has 1 aromatic carbocycles. The van der Waals surface area contributed by atoms with Crippen molar-refractivity contribution in [3.63, 3.8) is 0 Å². The zero-order valence-corrected chi connectivity index (χ0v) is 6.77. The molecule has 2 nitrogen and oxygen atoms in total. The summed E-state index contributed by atoms with van der Waals surface area (Å²) in [6, 6.07) is 7.79. The number of carbonyl (C=O) groups excluding carboxylic acids is 1. The number of anilines is 1. The zero-order valence-electron chi connectivity index (χ0n) is 6.02. The van der Waals surface area contributed by atoms with E-state index in [2.05, 4.69) is 11.4 Å². The molecular formula is C8H7ClNO. The second kappa shape index (κ2) is 3.39. The van der Waals surface area contributed by atoms with E-state index < -0.39 is 0 Å². The number of carbonyl (C=O) groups is 1. The van der Waals surface area contributed by atoms with E-state index in [4.69, 9.17) is 11.6 Å². The first-order valence-electron chi connectivity index (χ1n) is 3.13. The van der Waals surface area contributed by atoms with Gasteiger partial charge in [-0.05, 0) is 12.1 Å². The number of hydrogen-bond acceptors (Lipinski definition) is 1. The number of hydrogen-bond donors (Lipinski definition) is 1. The van der Waals surface area contributed by atoms with E-state index in [-0.39, 0.29) is 5.91 Å². The van der Waals surface area contributed by atoms with E-state index >= 15 is 0 Å². The predicted molar refractivity (Wildman–Crippen MR) is 44.6 cm³/mol. The van der Waals surface area contributed by atoms with Crippen LogP contribution >= 0.6 is 11.6 Å². The smallest absolute Gasteiger partial charge is 0.221 e. The molecule has 57 valence electrons. The molecule has 1 aromatic rings. The largest absolute Gasteiger partial charge is 0.326 e. The molecule has 1 radical (unpaired) electrons. The Bertz CT molecular complexity index is 273. The Morgan fingerprint density at radius 1 is 1.73 bits per heavy atom. The number of halogens is 1. The molecule has 0 aliphatic heterocycles. The van der Waals surface area contributed by atoms with Crippen LogP contribution in [0.5, 0.6) is 0 Å². The van der Waals surface area contributed by atoms with Gasteiger partial charge in [0.25, 0.3) is 0 Å². The third-order valence-corrected chi connectivity index (χ3v) is 1.30. The predicted octanol–water partition coefficient (Wildman–Crippen LogP) is 2.10. The van der Waals surface area contributed by atoms with Gasteiger partial charge < -0.3 is 5.32 Å². The standard InChI is InChI=1S/C8H7ClNO/c1-6(11)10-8-4-2-3-7(9)5-8/h2,4-5H,1H3,(H,10,11). The Morgan fingerprint density at radius 2 is 2.45 bits per heavy atom. The normalized spacial score (nSPS) is 9.27. The summed E-state index contributed by atoms with van der Waals surface area (Å²) in [5.41, 5.74) is 0.696. The number of rotatable bonds is 1.